The molecule has 1 spiro atoms. The topological polar surface area (TPSA) is 3.24 Å². The van der Waals surface area contributed by atoms with E-state index in [1.54, 1.807) is 0 Å². The van der Waals surface area contributed by atoms with Crippen LogP contribution in [-0.2, 0) is 10.8 Å². The average molecular weight is 828 g/mol. The fourth-order valence-corrected chi connectivity index (χ4v) is 11.8. The number of anilines is 3. The standard InChI is InChI=1S/C64H45N/c1-63(2)56-27-13-9-22-50(56)54-37-36-49(41-60(54)63)65(48-34-32-44(33-35-48)47-39-45(42-18-5-3-6-19-42)38-46(40-47)43-20-7-4-8-21-43)61-31-17-26-55-53-25-12-16-30-59(53)64(62(55)61)57-28-14-10-23-51(57)52-24-11-15-29-58(52)64/h3-41H,1-2H3. The number of nitrogens with zero attached hydrogens (tertiary/aromatic N) is 1. The molecule has 0 fully saturated rings. The molecule has 65 heavy (non-hydrogen) atoms. The Labute approximate surface area is 381 Å². The van der Waals surface area contributed by atoms with Crippen LogP contribution in [0, 0.1) is 0 Å². The lowest BCUT2D eigenvalue weighted by Gasteiger charge is -2.36. The molecule has 13 rings (SSSR count). The van der Waals surface area contributed by atoms with E-state index in [1.807, 2.05) is 0 Å². The normalized spacial score (nSPS) is 13.9. The lowest BCUT2D eigenvalue weighted by Crippen LogP contribution is -2.28. The van der Waals surface area contributed by atoms with Crippen molar-refractivity contribution in [3.8, 4) is 66.8 Å². The van der Waals surface area contributed by atoms with Gasteiger partial charge < -0.3 is 4.90 Å². The maximum atomic E-state index is 2.55. The molecule has 0 amide bonds. The van der Waals surface area contributed by atoms with Gasteiger partial charge in [-0.05, 0) is 143 Å². The van der Waals surface area contributed by atoms with Gasteiger partial charge in [0.1, 0.15) is 0 Å². The van der Waals surface area contributed by atoms with Crippen molar-refractivity contribution >= 4 is 17.1 Å². The summed E-state index contributed by atoms with van der Waals surface area (Å²) in [4.78, 5) is 2.55. The number of benzene rings is 10. The molecule has 0 saturated carbocycles. The number of hydrogen-bond donors (Lipinski definition) is 0. The molecule has 10 aromatic rings. The van der Waals surface area contributed by atoms with Crippen LogP contribution in [0.2, 0.25) is 0 Å². The van der Waals surface area contributed by atoms with Gasteiger partial charge in [-0.2, -0.15) is 0 Å². The van der Waals surface area contributed by atoms with Gasteiger partial charge in [0.25, 0.3) is 0 Å². The first-order chi connectivity index (χ1) is 32.0. The molecular formula is C64H45N. The fourth-order valence-electron chi connectivity index (χ4n) is 11.8. The number of fused-ring (bicyclic) bond motifs is 13. The zero-order valence-corrected chi connectivity index (χ0v) is 36.5. The van der Waals surface area contributed by atoms with Crippen molar-refractivity contribution in [3.63, 3.8) is 0 Å². The van der Waals surface area contributed by atoms with Crippen LogP contribution in [-0.4, -0.2) is 0 Å². The van der Waals surface area contributed by atoms with Crippen molar-refractivity contribution in [2.45, 2.75) is 24.7 Å². The highest BCUT2D eigenvalue weighted by molar-refractivity contribution is 6.00. The van der Waals surface area contributed by atoms with E-state index in [1.165, 1.54) is 106 Å². The van der Waals surface area contributed by atoms with Crippen molar-refractivity contribution in [2.75, 3.05) is 4.90 Å². The molecule has 0 bridgehead atoms. The molecule has 3 aliphatic rings. The first-order valence-electron chi connectivity index (χ1n) is 22.8. The Balaban J connectivity index is 1.05. The van der Waals surface area contributed by atoms with Crippen LogP contribution in [0.1, 0.15) is 47.2 Å². The Kier molecular flexibility index (Phi) is 8.24. The molecular weight excluding hydrogens is 783 g/mol. The molecule has 0 aliphatic heterocycles. The lowest BCUT2D eigenvalue weighted by molar-refractivity contribution is 0.660. The van der Waals surface area contributed by atoms with Crippen molar-refractivity contribution in [3.05, 3.63) is 270 Å². The summed E-state index contributed by atoms with van der Waals surface area (Å²) in [7, 11) is 0. The molecule has 306 valence electrons. The predicted molar refractivity (Wildman–Crippen MR) is 271 cm³/mol. The SMILES string of the molecule is CC1(C)c2ccccc2-c2ccc(N(c3ccc(-c4cc(-c5ccccc5)cc(-c5ccccc5)c4)cc3)c3cccc4c3C3(c5ccccc5-c5ccccc53)c3ccccc3-4)cc21. The third-order valence-electron chi connectivity index (χ3n) is 14.7. The molecule has 1 nitrogen and oxygen atoms in total. The number of rotatable bonds is 6. The third kappa shape index (κ3) is 5.46. The molecule has 10 aromatic carbocycles. The van der Waals surface area contributed by atoms with E-state index >= 15 is 0 Å². The monoisotopic (exact) mass is 827 g/mol. The molecule has 0 aromatic heterocycles. The second-order valence-electron chi connectivity index (χ2n) is 18.4. The van der Waals surface area contributed by atoms with Gasteiger partial charge in [0.2, 0.25) is 0 Å². The molecule has 0 radical (unpaired) electrons. The van der Waals surface area contributed by atoms with E-state index in [0.717, 1.165) is 11.4 Å². The van der Waals surface area contributed by atoms with Gasteiger partial charge in [-0.1, -0.05) is 202 Å². The maximum Gasteiger partial charge on any atom is 0.0746 e. The van der Waals surface area contributed by atoms with Crippen LogP contribution < -0.4 is 4.90 Å². The minimum absolute atomic E-state index is 0.156. The van der Waals surface area contributed by atoms with Gasteiger partial charge in [-0.25, -0.2) is 0 Å². The number of hydrogen-bond acceptors (Lipinski definition) is 1. The van der Waals surface area contributed by atoms with Crippen LogP contribution in [0.25, 0.3) is 66.8 Å². The van der Waals surface area contributed by atoms with Gasteiger partial charge in [-0.3, -0.25) is 0 Å². The van der Waals surface area contributed by atoms with E-state index < -0.39 is 5.41 Å². The maximum absolute atomic E-state index is 2.55. The first kappa shape index (κ1) is 37.5. The van der Waals surface area contributed by atoms with Crippen molar-refractivity contribution < 1.29 is 0 Å². The van der Waals surface area contributed by atoms with Crippen LogP contribution in [0.15, 0.2) is 237 Å². The Bertz CT molecular complexity index is 3380. The van der Waals surface area contributed by atoms with E-state index in [-0.39, 0.29) is 5.41 Å². The molecule has 1 heteroatoms. The van der Waals surface area contributed by atoms with Crippen molar-refractivity contribution in [2.24, 2.45) is 0 Å². The van der Waals surface area contributed by atoms with E-state index in [0.29, 0.717) is 0 Å². The van der Waals surface area contributed by atoms with Gasteiger partial charge in [-0.15, -0.1) is 0 Å². The van der Waals surface area contributed by atoms with Crippen LogP contribution >= 0.6 is 0 Å². The van der Waals surface area contributed by atoms with Crippen molar-refractivity contribution in [1.29, 1.82) is 0 Å². The van der Waals surface area contributed by atoms with E-state index in [4.69, 9.17) is 0 Å². The summed E-state index contributed by atoms with van der Waals surface area (Å²) >= 11 is 0. The summed E-state index contributed by atoms with van der Waals surface area (Å²) in [5.41, 5.74) is 25.9. The summed E-state index contributed by atoms with van der Waals surface area (Å²) < 4.78 is 0. The highest BCUT2D eigenvalue weighted by atomic mass is 15.1. The Morgan fingerprint density at radius 2 is 0.677 bits per heavy atom. The minimum atomic E-state index is -0.508. The Hall–Kier alpha value is -8.00. The van der Waals surface area contributed by atoms with Gasteiger partial charge in [0.15, 0.2) is 0 Å². The van der Waals surface area contributed by atoms with Gasteiger partial charge in [0, 0.05) is 22.4 Å². The summed E-state index contributed by atoms with van der Waals surface area (Å²) in [5, 5.41) is 0. The van der Waals surface area contributed by atoms with E-state index in [9.17, 15) is 0 Å². The first-order valence-corrected chi connectivity index (χ1v) is 22.8. The molecule has 3 aliphatic carbocycles. The largest absolute Gasteiger partial charge is 0.310 e. The summed E-state index contributed by atoms with van der Waals surface area (Å²) in [6.45, 7) is 4.76. The fraction of sp³-hybridized carbons (Fsp3) is 0.0625. The predicted octanol–water partition coefficient (Wildman–Crippen LogP) is 16.8. The second-order valence-corrected chi connectivity index (χ2v) is 18.4. The quantitative estimate of drug-likeness (QED) is 0.161. The average Bonchev–Trinajstić information content (AvgIpc) is 3.93. The summed E-state index contributed by atoms with van der Waals surface area (Å²) in [6, 6.07) is 88.3. The summed E-state index contributed by atoms with van der Waals surface area (Å²) in [6.07, 6.45) is 0. The Morgan fingerprint density at radius 1 is 0.277 bits per heavy atom. The minimum Gasteiger partial charge on any atom is -0.310 e. The van der Waals surface area contributed by atoms with Gasteiger partial charge in [0.05, 0.1) is 11.1 Å². The third-order valence-corrected chi connectivity index (χ3v) is 14.7. The zero-order valence-electron chi connectivity index (χ0n) is 36.5. The molecule has 0 atom stereocenters. The molecule has 0 heterocycles. The Morgan fingerprint density at radius 3 is 1.22 bits per heavy atom. The summed E-state index contributed by atoms with van der Waals surface area (Å²) in [5.74, 6) is 0. The smallest absolute Gasteiger partial charge is 0.0746 e. The van der Waals surface area contributed by atoms with Gasteiger partial charge >= 0.3 is 0 Å². The van der Waals surface area contributed by atoms with Crippen LogP contribution in [0.5, 0.6) is 0 Å². The lowest BCUT2D eigenvalue weighted by atomic mass is 9.70. The highest BCUT2D eigenvalue weighted by Crippen LogP contribution is 2.65. The second kappa shape index (κ2) is 14.3. The van der Waals surface area contributed by atoms with Crippen molar-refractivity contribution in [1.82, 2.24) is 0 Å². The zero-order chi connectivity index (χ0) is 43.3. The van der Waals surface area contributed by atoms with Crippen LogP contribution in [0.4, 0.5) is 17.1 Å². The molecule has 0 N–H and O–H groups in total. The molecule has 0 saturated heterocycles. The van der Waals surface area contributed by atoms with Crippen LogP contribution in [0.3, 0.4) is 0 Å². The van der Waals surface area contributed by atoms with E-state index in [2.05, 4.69) is 255 Å². The highest BCUT2D eigenvalue weighted by Gasteiger charge is 2.53. The molecule has 0 unspecified atom stereocenters.